The first-order valence-electron chi connectivity index (χ1n) is 14.0. The second-order valence-corrected chi connectivity index (χ2v) is 13.9. The van der Waals surface area contributed by atoms with Crippen molar-refractivity contribution in [3.8, 4) is 11.5 Å². The number of hydrogen-bond acceptors (Lipinski definition) is 4. The third-order valence-electron chi connectivity index (χ3n) is 9.11. The van der Waals surface area contributed by atoms with Gasteiger partial charge in [0.15, 0.2) is 0 Å². The van der Waals surface area contributed by atoms with Crippen molar-refractivity contribution in [1.82, 2.24) is 4.58 Å². The molecule has 0 aromatic heterocycles. The van der Waals surface area contributed by atoms with E-state index in [9.17, 15) is 8.42 Å². The lowest BCUT2D eigenvalue weighted by molar-refractivity contribution is 0.431. The normalized spacial score (nSPS) is 19.2. The highest BCUT2D eigenvalue weighted by Gasteiger charge is 2.35. The summed E-state index contributed by atoms with van der Waals surface area (Å²) in [6.07, 6.45) is 8.85. The fourth-order valence-electron chi connectivity index (χ4n) is 7.61. The molecule has 0 saturated heterocycles. The van der Waals surface area contributed by atoms with Crippen molar-refractivity contribution in [3.63, 3.8) is 0 Å². The number of anilines is 1. The topological polar surface area (TPSA) is 49.6 Å². The Kier molecular flexibility index (Phi) is 5.06. The summed E-state index contributed by atoms with van der Waals surface area (Å²) in [5.41, 5.74) is 10.2. The second kappa shape index (κ2) is 8.33. The Balaban J connectivity index is 1.49. The SMILES string of the molecule is O=S(=O)(Cl)c1ccc(C2=c3cc4c5c(c3Oc3c2cc2c6c3CCCN6CCC2)CCC[N+]=5CCC4)cc1. The predicted octanol–water partition coefficient (Wildman–Crippen LogP) is 4.05. The van der Waals surface area contributed by atoms with Gasteiger partial charge in [-0.1, -0.05) is 12.1 Å². The monoisotopic (exact) mass is 545 g/mol. The number of halogens is 1. The van der Waals surface area contributed by atoms with E-state index in [1.807, 2.05) is 12.1 Å². The summed E-state index contributed by atoms with van der Waals surface area (Å²) in [4.78, 5) is 2.69. The maximum absolute atomic E-state index is 12.0. The molecule has 0 aliphatic carbocycles. The first-order chi connectivity index (χ1) is 18.5. The van der Waals surface area contributed by atoms with Gasteiger partial charge < -0.3 is 9.64 Å². The van der Waals surface area contributed by atoms with E-state index >= 15 is 0 Å². The molecule has 0 spiro atoms. The fourth-order valence-corrected chi connectivity index (χ4v) is 8.38. The quantitative estimate of drug-likeness (QED) is 0.282. The second-order valence-electron chi connectivity index (χ2n) is 11.3. The van der Waals surface area contributed by atoms with Gasteiger partial charge >= 0.3 is 0 Å². The molecular formula is C31H30ClN2O3S+. The van der Waals surface area contributed by atoms with Crippen molar-refractivity contribution in [2.24, 2.45) is 0 Å². The molecule has 5 aliphatic rings. The maximum Gasteiger partial charge on any atom is 0.261 e. The van der Waals surface area contributed by atoms with E-state index in [1.165, 1.54) is 46.1 Å². The van der Waals surface area contributed by atoms with Crippen LogP contribution in [0.5, 0.6) is 11.5 Å². The minimum atomic E-state index is -3.79. The lowest BCUT2D eigenvalue weighted by atomic mass is 9.82. The van der Waals surface area contributed by atoms with Crippen molar-refractivity contribution in [2.45, 2.75) is 56.3 Å². The molecular weight excluding hydrogens is 516 g/mol. The molecule has 3 aromatic carbocycles. The van der Waals surface area contributed by atoms with Crippen LogP contribution in [0.4, 0.5) is 5.69 Å². The van der Waals surface area contributed by atoms with E-state index in [4.69, 9.17) is 15.4 Å². The van der Waals surface area contributed by atoms with Crippen LogP contribution in [0.1, 0.15) is 59.1 Å². The molecule has 5 heterocycles. The molecule has 5 aliphatic heterocycles. The van der Waals surface area contributed by atoms with Crippen LogP contribution in [0.25, 0.3) is 5.57 Å². The summed E-state index contributed by atoms with van der Waals surface area (Å²) in [6.45, 7) is 4.48. The molecule has 0 bridgehead atoms. The highest BCUT2D eigenvalue weighted by Crippen LogP contribution is 2.48. The molecule has 5 nitrogen and oxygen atoms in total. The smallest absolute Gasteiger partial charge is 0.261 e. The average Bonchev–Trinajstić information content (AvgIpc) is 2.93. The van der Waals surface area contributed by atoms with Gasteiger partial charge in [0.25, 0.3) is 9.05 Å². The number of benzene rings is 3. The first-order valence-corrected chi connectivity index (χ1v) is 16.3. The van der Waals surface area contributed by atoms with Crippen molar-refractivity contribution < 1.29 is 13.2 Å². The summed E-state index contributed by atoms with van der Waals surface area (Å²) < 4.78 is 33.6. The summed E-state index contributed by atoms with van der Waals surface area (Å²) in [6, 6.07) is 11.8. The Bertz CT molecular complexity index is 1770. The van der Waals surface area contributed by atoms with Crippen LogP contribution in [0.3, 0.4) is 0 Å². The number of nitrogens with zero attached hydrogens (tertiary/aromatic N) is 2. The van der Waals surface area contributed by atoms with Gasteiger partial charge in [-0.05, 0) is 73.9 Å². The molecule has 0 fully saturated rings. The van der Waals surface area contributed by atoms with Crippen LogP contribution in [-0.2, 0) is 34.7 Å². The molecule has 3 aromatic rings. The van der Waals surface area contributed by atoms with E-state index in [-0.39, 0.29) is 4.90 Å². The Morgan fingerprint density at radius 1 is 0.816 bits per heavy atom. The molecule has 7 heteroatoms. The Morgan fingerprint density at radius 3 is 2.32 bits per heavy atom. The standard InChI is InChI=1S/C31H30ClN2O3S/c32-38(35,36)22-11-9-19(10-12-22)27-25-17-20-5-1-13-33-15-3-7-23(28(20)33)30(25)37-31-24-8-4-16-34-14-2-6-21(29(24)34)18-26(27)31/h9-12,17-18H,1-8,13-16H2/q+1. The predicted molar refractivity (Wildman–Crippen MR) is 150 cm³/mol. The van der Waals surface area contributed by atoms with E-state index in [0.717, 1.165) is 98.1 Å². The van der Waals surface area contributed by atoms with Crippen LogP contribution in [-0.4, -0.2) is 34.6 Å². The number of hydrogen-bond donors (Lipinski definition) is 0. The molecule has 0 unspecified atom stereocenters. The van der Waals surface area contributed by atoms with E-state index < -0.39 is 9.05 Å². The summed E-state index contributed by atoms with van der Waals surface area (Å²) >= 11 is 0. The van der Waals surface area contributed by atoms with Crippen molar-refractivity contribution in [1.29, 1.82) is 0 Å². The van der Waals surface area contributed by atoms with Gasteiger partial charge in [0.05, 0.1) is 10.5 Å². The number of rotatable bonds is 2. The number of ether oxygens (including phenoxy) is 1. The lowest BCUT2D eigenvalue weighted by Crippen LogP contribution is -2.45. The fraction of sp³-hybridized carbons (Fsp3) is 0.387. The van der Waals surface area contributed by atoms with Crippen LogP contribution in [0.15, 0.2) is 41.3 Å². The first kappa shape index (κ1) is 23.1. The van der Waals surface area contributed by atoms with Gasteiger partial charge in [0.1, 0.15) is 24.6 Å². The van der Waals surface area contributed by atoms with Crippen LogP contribution >= 0.6 is 10.7 Å². The largest absolute Gasteiger partial charge is 0.455 e. The van der Waals surface area contributed by atoms with Gasteiger partial charge in [-0.3, -0.25) is 0 Å². The minimum Gasteiger partial charge on any atom is -0.455 e. The van der Waals surface area contributed by atoms with Gasteiger partial charge in [-0.25, -0.2) is 13.0 Å². The molecule has 0 saturated carbocycles. The number of aryl methyl sites for hydroxylation is 2. The number of fused-ring (bicyclic) bond motifs is 4. The minimum absolute atomic E-state index is 0.128. The van der Waals surface area contributed by atoms with Crippen molar-refractivity contribution in [3.05, 3.63) is 80.4 Å². The summed E-state index contributed by atoms with van der Waals surface area (Å²) in [5, 5.41) is 2.55. The van der Waals surface area contributed by atoms with Crippen LogP contribution < -0.4 is 24.8 Å². The summed E-state index contributed by atoms with van der Waals surface area (Å²) in [7, 11) is 1.89. The molecule has 0 N–H and O–H groups in total. The van der Waals surface area contributed by atoms with Crippen molar-refractivity contribution >= 4 is 31.0 Å². The van der Waals surface area contributed by atoms with E-state index in [1.54, 1.807) is 12.1 Å². The highest BCUT2D eigenvalue weighted by atomic mass is 35.7. The molecule has 0 atom stereocenters. The maximum atomic E-state index is 12.0. The Morgan fingerprint density at radius 2 is 1.53 bits per heavy atom. The summed E-state index contributed by atoms with van der Waals surface area (Å²) in [5.74, 6) is 2.02. The molecule has 0 radical (unpaired) electrons. The van der Waals surface area contributed by atoms with Gasteiger partial charge in [0, 0.05) is 69.8 Å². The van der Waals surface area contributed by atoms with E-state index in [2.05, 4.69) is 21.6 Å². The molecule has 38 heavy (non-hydrogen) atoms. The zero-order valence-electron chi connectivity index (χ0n) is 21.4. The zero-order chi connectivity index (χ0) is 25.6. The molecule has 194 valence electrons. The van der Waals surface area contributed by atoms with Gasteiger partial charge in [-0.15, -0.1) is 0 Å². The molecule has 0 amide bonds. The van der Waals surface area contributed by atoms with E-state index in [0.29, 0.717) is 0 Å². The van der Waals surface area contributed by atoms with Crippen molar-refractivity contribution in [2.75, 3.05) is 31.1 Å². The van der Waals surface area contributed by atoms with Gasteiger partial charge in [0.2, 0.25) is 5.36 Å². The third kappa shape index (κ3) is 3.35. The molecule has 8 rings (SSSR count). The van der Waals surface area contributed by atoms with Gasteiger partial charge in [-0.2, -0.15) is 0 Å². The zero-order valence-corrected chi connectivity index (χ0v) is 22.9. The average molecular weight is 546 g/mol. The van der Waals surface area contributed by atoms with Crippen LogP contribution in [0, 0.1) is 0 Å². The lowest BCUT2D eigenvalue weighted by Gasteiger charge is -2.39. The van der Waals surface area contributed by atoms with Crippen LogP contribution in [0.2, 0.25) is 0 Å². The Labute approximate surface area is 227 Å². The third-order valence-corrected chi connectivity index (χ3v) is 10.5. The Hall–Kier alpha value is -2.83. The highest BCUT2D eigenvalue weighted by molar-refractivity contribution is 8.13.